The lowest BCUT2D eigenvalue weighted by Crippen LogP contribution is -2.41. The molecule has 2 atom stereocenters. The predicted molar refractivity (Wildman–Crippen MR) is 80.8 cm³/mol. The summed E-state index contributed by atoms with van der Waals surface area (Å²) in [6.45, 7) is 0. The molecule has 18 heavy (non-hydrogen) atoms. The molecule has 96 valence electrons. The Hall–Kier alpha value is -0.680. The van der Waals surface area contributed by atoms with Crippen LogP contribution >= 0.6 is 27.3 Å². The van der Waals surface area contributed by atoms with E-state index in [0.29, 0.717) is 10.9 Å². The Bertz CT molecular complexity index is 542. The minimum absolute atomic E-state index is 0.541. The van der Waals surface area contributed by atoms with E-state index in [2.05, 4.69) is 49.3 Å². The first-order valence-corrected chi connectivity index (χ1v) is 8.12. The van der Waals surface area contributed by atoms with E-state index in [1.54, 1.807) is 17.7 Å². The number of hydrogen-bond acceptors (Lipinski definition) is 4. The highest BCUT2D eigenvalue weighted by molar-refractivity contribution is 9.09. The molecule has 0 aromatic carbocycles. The van der Waals surface area contributed by atoms with Gasteiger partial charge in [-0.1, -0.05) is 28.8 Å². The summed E-state index contributed by atoms with van der Waals surface area (Å²) in [6.07, 6.45) is 6.82. The number of aromatic nitrogens is 2. The first-order valence-electron chi connectivity index (χ1n) is 6.32. The molecule has 3 rings (SSSR count). The van der Waals surface area contributed by atoms with Gasteiger partial charge in [-0.05, 0) is 24.3 Å². The Kier molecular flexibility index (Phi) is 3.52. The molecule has 2 heterocycles. The largest absolute Gasteiger partial charge is 0.354 e. The second kappa shape index (κ2) is 5.13. The Morgan fingerprint density at radius 1 is 1.33 bits per heavy atom. The lowest BCUT2D eigenvalue weighted by Gasteiger charge is -2.36. The minimum atomic E-state index is 0.541. The Labute approximate surface area is 119 Å². The lowest BCUT2D eigenvalue weighted by molar-refractivity contribution is 0.443. The fraction of sp³-hybridized carbons (Fsp3) is 0.538. The van der Waals surface area contributed by atoms with Gasteiger partial charge in [-0.25, -0.2) is 9.97 Å². The first-order chi connectivity index (χ1) is 8.77. The van der Waals surface area contributed by atoms with Crippen molar-refractivity contribution >= 4 is 43.3 Å². The average molecular weight is 326 g/mol. The van der Waals surface area contributed by atoms with Gasteiger partial charge in [-0.2, -0.15) is 0 Å². The van der Waals surface area contributed by atoms with E-state index in [1.807, 2.05) is 0 Å². The number of hydrogen-bond donors (Lipinski definition) is 0. The first kappa shape index (κ1) is 12.4. The van der Waals surface area contributed by atoms with Gasteiger partial charge in [-0.3, -0.25) is 0 Å². The van der Waals surface area contributed by atoms with Crippen LogP contribution in [0.3, 0.4) is 0 Å². The summed E-state index contributed by atoms with van der Waals surface area (Å²) < 4.78 is 1.20. The molecule has 0 amide bonds. The smallest absolute Gasteiger partial charge is 0.150 e. The molecule has 1 aliphatic carbocycles. The van der Waals surface area contributed by atoms with Crippen LogP contribution in [0.2, 0.25) is 0 Å². The van der Waals surface area contributed by atoms with Crippen LogP contribution in [0.15, 0.2) is 17.8 Å². The van der Waals surface area contributed by atoms with Crippen LogP contribution in [0, 0.1) is 0 Å². The maximum atomic E-state index is 4.49. The van der Waals surface area contributed by atoms with Crippen LogP contribution < -0.4 is 4.90 Å². The SMILES string of the molecule is CN(c1ncnc2ccsc12)C1CCCCC1Br. The third-order valence-electron chi connectivity index (χ3n) is 3.70. The van der Waals surface area contributed by atoms with E-state index in [0.717, 1.165) is 11.3 Å². The van der Waals surface area contributed by atoms with Crippen LogP contribution in [0.4, 0.5) is 5.82 Å². The summed E-state index contributed by atoms with van der Waals surface area (Å²) in [5.41, 5.74) is 1.05. The Morgan fingerprint density at radius 2 is 2.17 bits per heavy atom. The molecule has 2 aromatic rings. The number of alkyl halides is 1. The lowest BCUT2D eigenvalue weighted by atomic mass is 9.94. The zero-order valence-corrected chi connectivity index (χ0v) is 12.7. The van der Waals surface area contributed by atoms with Gasteiger partial charge in [0.05, 0.1) is 10.2 Å². The number of rotatable bonds is 2. The molecule has 0 aliphatic heterocycles. The summed E-state index contributed by atoms with van der Waals surface area (Å²) in [6, 6.07) is 2.60. The maximum Gasteiger partial charge on any atom is 0.150 e. The number of thiophene rings is 1. The molecule has 3 nitrogen and oxygen atoms in total. The molecule has 2 aromatic heterocycles. The van der Waals surface area contributed by atoms with Gasteiger partial charge < -0.3 is 4.90 Å². The fourth-order valence-electron chi connectivity index (χ4n) is 2.69. The summed E-state index contributed by atoms with van der Waals surface area (Å²) >= 11 is 5.55. The molecule has 2 unspecified atom stereocenters. The minimum Gasteiger partial charge on any atom is -0.354 e. The topological polar surface area (TPSA) is 29.0 Å². The van der Waals surface area contributed by atoms with E-state index in [4.69, 9.17) is 0 Å². The number of nitrogens with zero attached hydrogens (tertiary/aromatic N) is 3. The average Bonchev–Trinajstić information content (AvgIpc) is 2.86. The zero-order chi connectivity index (χ0) is 12.5. The van der Waals surface area contributed by atoms with Gasteiger partial charge >= 0.3 is 0 Å². The van der Waals surface area contributed by atoms with Crippen molar-refractivity contribution in [2.24, 2.45) is 0 Å². The molecule has 0 bridgehead atoms. The standard InChI is InChI=1S/C13H16BrN3S/c1-17(11-5-3-2-4-9(11)14)13-12-10(6-7-18-12)15-8-16-13/h6-9,11H,2-5H2,1H3. The summed E-state index contributed by atoms with van der Waals surface area (Å²) in [5, 5.41) is 2.09. The number of anilines is 1. The quantitative estimate of drug-likeness (QED) is 0.786. The van der Waals surface area contributed by atoms with Gasteiger partial charge in [0.2, 0.25) is 0 Å². The van der Waals surface area contributed by atoms with Crippen LogP contribution in [0.5, 0.6) is 0 Å². The maximum absolute atomic E-state index is 4.49. The second-order valence-electron chi connectivity index (χ2n) is 4.81. The fourth-order valence-corrected chi connectivity index (χ4v) is 4.51. The molecule has 0 N–H and O–H groups in total. The van der Waals surface area contributed by atoms with Crippen molar-refractivity contribution in [3.05, 3.63) is 17.8 Å². The highest BCUT2D eigenvalue weighted by Gasteiger charge is 2.28. The van der Waals surface area contributed by atoms with Crippen LogP contribution in [0.1, 0.15) is 25.7 Å². The molecular formula is C13H16BrN3S. The van der Waals surface area contributed by atoms with Crippen molar-refractivity contribution in [2.75, 3.05) is 11.9 Å². The normalized spacial score (nSPS) is 24.3. The zero-order valence-electron chi connectivity index (χ0n) is 10.3. The van der Waals surface area contributed by atoms with E-state index in [1.165, 1.54) is 30.4 Å². The molecule has 1 fully saturated rings. The highest BCUT2D eigenvalue weighted by Crippen LogP contribution is 2.34. The van der Waals surface area contributed by atoms with Gasteiger partial charge in [0.15, 0.2) is 0 Å². The molecule has 0 saturated heterocycles. The summed E-state index contributed by atoms with van der Waals surface area (Å²) in [7, 11) is 2.16. The summed E-state index contributed by atoms with van der Waals surface area (Å²) in [5.74, 6) is 1.08. The highest BCUT2D eigenvalue weighted by atomic mass is 79.9. The van der Waals surface area contributed by atoms with E-state index < -0.39 is 0 Å². The number of fused-ring (bicyclic) bond motifs is 1. The molecule has 0 spiro atoms. The number of halogens is 1. The van der Waals surface area contributed by atoms with E-state index >= 15 is 0 Å². The third-order valence-corrected chi connectivity index (χ3v) is 5.67. The van der Waals surface area contributed by atoms with Crippen molar-refractivity contribution in [1.82, 2.24) is 9.97 Å². The van der Waals surface area contributed by atoms with E-state index in [9.17, 15) is 0 Å². The third kappa shape index (κ3) is 2.14. The predicted octanol–water partition coefficient (Wildman–Crippen LogP) is 3.83. The van der Waals surface area contributed by atoms with Gasteiger partial charge in [-0.15, -0.1) is 11.3 Å². The van der Waals surface area contributed by atoms with Gasteiger partial charge in [0.1, 0.15) is 12.1 Å². The Balaban J connectivity index is 1.95. The monoisotopic (exact) mass is 325 g/mol. The molecule has 1 saturated carbocycles. The van der Waals surface area contributed by atoms with Crippen LogP contribution in [0.25, 0.3) is 10.2 Å². The van der Waals surface area contributed by atoms with E-state index in [-0.39, 0.29) is 0 Å². The van der Waals surface area contributed by atoms with Gasteiger partial charge in [0, 0.05) is 17.9 Å². The van der Waals surface area contributed by atoms with Crippen LogP contribution in [-0.2, 0) is 0 Å². The van der Waals surface area contributed by atoms with Crippen LogP contribution in [-0.4, -0.2) is 27.9 Å². The van der Waals surface area contributed by atoms with Crippen molar-refractivity contribution in [1.29, 1.82) is 0 Å². The van der Waals surface area contributed by atoms with Gasteiger partial charge in [0.25, 0.3) is 0 Å². The van der Waals surface area contributed by atoms with Crippen molar-refractivity contribution in [3.8, 4) is 0 Å². The van der Waals surface area contributed by atoms with Crippen molar-refractivity contribution in [2.45, 2.75) is 36.6 Å². The Morgan fingerprint density at radius 3 is 3.00 bits per heavy atom. The molecule has 0 radical (unpaired) electrons. The van der Waals surface area contributed by atoms with Crippen molar-refractivity contribution in [3.63, 3.8) is 0 Å². The second-order valence-corrected chi connectivity index (χ2v) is 6.90. The van der Waals surface area contributed by atoms with Crippen molar-refractivity contribution < 1.29 is 0 Å². The molecule has 1 aliphatic rings. The summed E-state index contributed by atoms with van der Waals surface area (Å²) in [4.78, 5) is 11.7. The molecular weight excluding hydrogens is 310 g/mol. The molecule has 5 heteroatoms.